The Bertz CT molecular complexity index is 1820. The number of ether oxygens (including phenoxy) is 1. The molecule has 0 spiro atoms. The molecule has 0 aromatic heterocycles. The molecule has 4 aromatic rings. The van der Waals surface area contributed by atoms with Gasteiger partial charge in [-0.15, -0.1) is 0 Å². The second-order valence-electron chi connectivity index (χ2n) is 10.9. The molecule has 244 valence electrons. The number of halogens is 4. The topological polar surface area (TPSA) is 113 Å². The number of aryl methyl sites for hydroxylation is 2. The number of anilines is 1. The van der Waals surface area contributed by atoms with Crippen LogP contribution >= 0.6 is 11.6 Å². The highest BCUT2D eigenvalue weighted by Crippen LogP contribution is 2.33. The number of nitrogens with zero attached hydrogens (tertiary/aromatic N) is 1. The number of carboxylic acid groups (broad SMARTS) is 1. The number of carbonyl (C=O) groups is 4. The van der Waals surface area contributed by atoms with Gasteiger partial charge < -0.3 is 20.1 Å². The number of esters is 1. The van der Waals surface area contributed by atoms with Crippen molar-refractivity contribution in [1.82, 2.24) is 4.90 Å². The number of rotatable bonds is 10. The molecule has 47 heavy (non-hydrogen) atoms. The molecule has 0 heterocycles. The van der Waals surface area contributed by atoms with Crippen molar-refractivity contribution in [2.24, 2.45) is 0 Å². The van der Waals surface area contributed by atoms with Gasteiger partial charge in [-0.2, -0.15) is 13.2 Å². The predicted molar refractivity (Wildman–Crippen MR) is 171 cm³/mol. The predicted octanol–water partition coefficient (Wildman–Crippen LogP) is 7.91. The van der Waals surface area contributed by atoms with Gasteiger partial charge in [0.2, 0.25) is 0 Å². The molecule has 0 saturated carbocycles. The minimum atomic E-state index is -4.49. The Kier molecular flexibility index (Phi) is 10.7. The highest BCUT2D eigenvalue weighted by molar-refractivity contribution is 6.32. The van der Waals surface area contributed by atoms with Crippen LogP contribution in [-0.4, -0.2) is 47.9 Å². The van der Waals surface area contributed by atoms with Gasteiger partial charge in [0.1, 0.15) is 0 Å². The summed E-state index contributed by atoms with van der Waals surface area (Å²) in [5.41, 5.74) is 1.74. The first-order valence-corrected chi connectivity index (χ1v) is 14.7. The number of hydrogen-bond donors (Lipinski definition) is 2. The maximum atomic E-state index is 13.5. The van der Waals surface area contributed by atoms with E-state index in [9.17, 15) is 32.3 Å². The fourth-order valence-electron chi connectivity index (χ4n) is 4.82. The van der Waals surface area contributed by atoms with Crippen LogP contribution in [-0.2, 0) is 17.4 Å². The summed E-state index contributed by atoms with van der Waals surface area (Å²) >= 11 is 6.13. The number of benzene rings is 4. The molecule has 0 bridgehead atoms. The van der Waals surface area contributed by atoms with Crippen molar-refractivity contribution < 1.29 is 42.2 Å². The van der Waals surface area contributed by atoms with Crippen LogP contribution in [0.15, 0.2) is 78.9 Å². The second kappa shape index (κ2) is 14.5. The lowest BCUT2D eigenvalue weighted by Gasteiger charge is -2.17. The second-order valence-corrected chi connectivity index (χ2v) is 11.3. The van der Waals surface area contributed by atoms with Gasteiger partial charge >= 0.3 is 18.1 Å². The number of nitrogens with one attached hydrogen (secondary N) is 1. The van der Waals surface area contributed by atoms with Crippen LogP contribution in [0.3, 0.4) is 0 Å². The van der Waals surface area contributed by atoms with E-state index in [4.69, 9.17) is 21.4 Å². The Hall–Kier alpha value is -5.16. The fraction of sp³-hybridized carbons (Fsp3) is 0.200. The van der Waals surface area contributed by atoms with Crippen molar-refractivity contribution in [1.29, 1.82) is 0 Å². The zero-order valence-corrected chi connectivity index (χ0v) is 26.3. The van der Waals surface area contributed by atoms with Crippen LogP contribution in [0.25, 0.3) is 11.1 Å². The molecule has 12 heteroatoms. The first-order chi connectivity index (χ1) is 22.1. The molecule has 8 nitrogen and oxygen atoms in total. The van der Waals surface area contributed by atoms with Crippen molar-refractivity contribution in [3.63, 3.8) is 0 Å². The average molecular weight is 667 g/mol. The van der Waals surface area contributed by atoms with Gasteiger partial charge in [0.25, 0.3) is 11.8 Å². The zero-order valence-electron chi connectivity index (χ0n) is 25.6. The SMILES string of the molecule is Cc1cc(C(=O)O)cc(Cl)c1OC(=O)CCCc1ccc(NC(=O)c2ccccc2-c2ccc(C(F)(F)F)cc2)c(C(=O)N(C)C)c1. The van der Waals surface area contributed by atoms with Crippen molar-refractivity contribution in [3.05, 3.63) is 117 Å². The van der Waals surface area contributed by atoms with Crippen molar-refractivity contribution >= 4 is 41.0 Å². The molecule has 2 amide bonds. The van der Waals surface area contributed by atoms with Crippen LogP contribution in [0.2, 0.25) is 5.02 Å². The fourth-order valence-corrected chi connectivity index (χ4v) is 5.13. The normalized spacial score (nSPS) is 11.1. The van der Waals surface area contributed by atoms with Gasteiger partial charge in [-0.1, -0.05) is 48.0 Å². The van der Waals surface area contributed by atoms with Crippen LogP contribution in [0.1, 0.15) is 60.6 Å². The van der Waals surface area contributed by atoms with Gasteiger partial charge in [0.05, 0.1) is 27.4 Å². The monoisotopic (exact) mass is 666 g/mol. The highest BCUT2D eigenvalue weighted by atomic mass is 35.5. The summed E-state index contributed by atoms with van der Waals surface area (Å²) in [5, 5.41) is 11.9. The molecule has 0 unspecified atom stereocenters. The molecule has 0 radical (unpaired) electrons. The van der Waals surface area contributed by atoms with Gasteiger partial charge in [0.15, 0.2) is 5.75 Å². The Labute approximate surface area is 273 Å². The largest absolute Gasteiger partial charge is 0.478 e. The van der Waals surface area contributed by atoms with Crippen LogP contribution < -0.4 is 10.1 Å². The summed E-state index contributed by atoms with van der Waals surface area (Å²) in [4.78, 5) is 51.7. The summed E-state index contributed by atoms with van der Waals surface area (Å²) in [7, 11) is 3.12. The number of hydrogen-bond acceptors (Lipinski definition) is 5. The van der Waals surface area contributed by atoms with Gasteiger partial charge in [-0.05, 0) is 84.5 Å². The summed E-state index contributed by atoms with van der Waals surface area (Å²) in [6.07, 6.45) is -3.75. The summed E-state index contributed by atoms with van der Waals surface area (Å²) in [6, 6.07) is 18.4. The summed E-state index contributed by atoms with van der Waals surface area (Å²) < 4.78 is 44.6. The molecule has 0 saturated heterocycles. The third-order valence-corrected chi connectivity index (χ3v) is 7.48. The van der Waals surface area contributed by atoms with E-state index in [0.717, 1.165) is 12.1 Å². The van der Waals surface area contributed by atoms with E-state index < -0.39 is 29.6 Å². The first kappa shape index (κ1) is 34.7. The lowest BCUT2D eigenvalue weighted by atomic mass is 9.97. The van der Waals surface area contributed by atoms with Crippen molar-refractivity contribution in [2.45, 2.75) is 32.4 Å². The van der Waals surface area contributed by atoms with E-state index in [-0.39, 0.29) is 45.5 Å². The molecule has 0 fully saturated rings. The zero-order chi connectivity index (χ0) is 34.5. The highest BCUT2D eigenvalue weighted by Gasteiger charge is 2.30. The summed E-state index contributed by atoms with van der Waals surface area (Å²) in [6.45, 7) is 1.58. The Balaban J connectivity index is 1.48. The average Bonchev–Trinajstić information content (AvgIpc) is 3.02. The Morgan fingerprint density at radius 1 is 0.915 bits per heavy atom. The number of aromatic carboxylic acids is 1. The minimum absolute atomic E-state index is 0.00205. The number of carboxylic acids is 1. The van der Waals surface area contributed by atoms with E-state index in [0.29, 0.717) is 35.1 Å². The number of carbonyl (C=O) groups excluding carboxylic acids is 3. The van der Waals surface area contributed by atoms with E-state index in [1.165, 1.54) is 29.2 Å². The van der Waals surface area contributed by atoms with Gasteiger partial charge in [-0.25, -0.2) is 4.79 Å². The van der Waals surface area contributed by atoms with Gasteiger partial charge in [0, 0.05) is 26.1 Å². The minimum Gasteiger partial charge on any atom is -0.478 e. The quantitative estimate of drug-likeness (QED) is 0.131. The van der Waals surface area contributed by atoms with E-state index >= 15 is 0 Å². The smallest absolute Gasteiger partial charge is 0.416 e. The Morgan fingerprint density at radius 3 is 2.21 bits per heavy atom. The van der Waals surface area contributed by atoms with Gasteiger partial charge in [-0.3, -0.25) is 14.4 Å². The molecule has 2 N–H and O–H groups in total. The maximum absolute atomic E-state index is 13.5. The van der Waals surface area contributed by atoms with Crippen LogP contribution in [0.4, 0.5) is 18.9 Å². The Morgan fingerprint density at radius 2 is 1.60 bits per heavy atom. The third kappa shape index (κ3) is 8.56. The maximum Gasteiger partial charge on any atom is 0.416 e. The number of amides is 2. The van der Waals surface area contributed by atoms with E-state index in [1.807, 2.05) is 0 Å². The van der Waals surface area contributed by atoms with E-state index in [1.54, 1.807) is 63.5 Å². The standard InChI is InChI=1S/C35H30ClF3N2O6/c1-20-17-23(34(45)46)19-28(36)31(20)47-30(42)10-6-7-21-11-16-29(27(18-21)33(44)41(2)3)40-32(43)26-9-5-4-8-25(26)22-12-14-24(15-13-22)35(37,38)39/h4-5,8-9,11-19H,6-7,10H2,1-3H3,(H,40,43)(H,45,46). The van der Waals surface area contributed by atoms with Crippen molar-refractivity contribution in [2.75, 3.05) is 19.4 Å². The molecule has 0 aliphatic carbocycles. The lowest BCUT2D eigenvalue weighted by molar-refractivity contribution is -0.137. The molecule has 0 aliphatic rings. The number of alkyl halides is 3. The first-order valence-electron chi connectivity index (χ1n) is 14.3. The molecule has 4 rings (SSSR count). The lowest BCUT2D eigenvalue weighted by Crippen LogP contribution is -2.24. The summed E-state index contributed by atoms with van der Waals surface area (Å²) in [5.74, 6) is -2.59. The molecular formula is C35H30ClF3N2O6. The molecule has 0 aliphatic heterocycles. The van der Waals surface area contributed by atoms with E-state index in [2.05, 4.69) is 5.32 Å². The third-order valence-electron chi connectivity index (χ3n) is 7.20. The molecule has 4 aromatic carbocycles. The molecule has 0 atom stereocenters. The molecular weight excluding hydrogens is 637 g/mol. The van der Waals surface area contributed by atoms with Crippen molar-refractivity contribution in [3.8, 4) is 16.9 Å². The van der Waals surface area contributed by atoms with Crippen LogP contribution in [0, 0.1) is 6.92 Å². The van der Waals surface area contributed by atoms with Crippen LogP contribution in [0.5, 0.6) is 5.75 Å².